The SMILES string of the molecule is COCc1cn(C2CC3CCC(C2)N3S(=O)(=O)c2ccccc2F)nn1. The van der Waals surface area contributed by atoms with Crippen molar-refractivity contribution in [3.05, 3.63) is 42.0 Å². The zero-order valence-electron chi connectivity index (χ0n) is 14.5. The lowest BCUT2D eigenvalue weighted by Gasteiger charge is -2.37. The van der Waals surface area contributed by atoms with E-state index in [0.717, 1.165) is 18.5 Å². The van der Waals surface area contributed by atoms with Crippen molar-refractivity contribution in [1.29, 1.82) is 0 Å². The zero-order chi connectivity index (χ0) is 18.3. The van der Waals surface area contributed by atoms with Crippen LogP contribution in [0.5, 0.6) is 0 Å². The zero-order valence-corrected chi connectivity index (χ0v) is 15.3. The smallest absolute Gasteiger partial charge is 0.246 e. The quantitative estimate of drug-likeness (QED) is 0.794. The fraction of sp³-hybridized carbons (Fsp3) is 0.529. The Morgan fingerprint density at radius 3 is 2.54 bits per heavy atom. The lowest BCUT2D eigenvalue weighted by atomic mass is 10.00. The number of ether oxygens (including phenoxy) is 1. The number of halogens is 1. The molecule has 2 unspecified atom stereocenters. The molecule has 4 rings (SSSR count). The van der Waals surface area contributed by atoms with Gasteiger partial charge in [-0.3, -0.25) is 0 Å². The summed E-state index contributed by atoms with van der Waals surface area (Å²) in [6.07, 6.45) is 4.73. The maximum Gasteiger partial charge on any atom is 0.246 e. The molecule has 2 aliphatic heterocycles. The van der Waals surface area contributed by atoms with Crippen LogP contribution in [0, 0.1) is 5.82 Å². The summed E-state index contributed by atoms with van der Waals surface area (Å²) in [4.78, 5) is -0.238. The number of rotatable bonds is 5. The number of aromatic nitrogens is 3. The number of hydrogen-bond donors (Lipinski definition) is 0. The van der Waals surface area contributed by atoms with E-state index in [1.54, 1.807) is 13.2 Å². The van der Waals surface area contributed by atoms with Crippen LogP contribution in [0.1, 0.15) is 37.4 Å². The summed E-state index contributed by atoms with van der Waals surface area (Å²) >= 11 is 0. The number of benzene rings is 1. The van der Waals surface area contributed by atoms with Gasteiger partial charge in [-0.05, 0) is 37.8 Å². The highest BCUT2D eigenvalue weighted by Gasteiger charge is 2.48. The van der Waals surface area contributed by atoms with E-state index in [4.69, 9.17) is 4.74 Å². The van der Waals surface area contributed by atoms with Crippen LogP contribution in [0.2, 0.25) is 0 Å². The van der Waals surface area contributed by atoms with Crippen molar-refractivity contribution < 1.29 is 17.5 Å². The van der Waals surface area contributed by atoms with Gasteiger partial charge in [0.2, 0.25) is 10.0 Å². The first-order valence-corrected chi connectivity index (χ1v) is 10.1. The molecule has 0 saturated carbocycles. The summed E-state index contributed by atoms with van der Waals surface area (Å²) in [6.45, 7) is 0.396. The van der Waals surface area contributed by atoms with Crippen molar-refractivity contribution in [2.75, 3.05) is 7.11 Å². The van der Waals surface area contributed by atoms with Crippen LogP contribution in [0.25, 0.3) is 0 Å². The minimum Gasteiger partial charge on any atom is -0.378 e. The van der Waals surface area contributed by atoms with Crippen LogP contribution in [-0.2, 0) is 21.4 Å². The first-order chi connectivity index (χ1) is 12.5. The number of piperidine rings is 1. The molecule has 26 heavy (non-hydrogen) atoms. The molecule has 0 amide bonds. The van der Waals surface area contributed by atoms with Crippen LogP contribution in [0.15, 0.2) is 35.4 Å². The lowest BCUT2D eigenvalue weighted by molar-refractivity contribution is 0.180. The Hall–Kier alpha value is -1.84. The Labute approximate surface area is 151 Å². The lowest BCUT2D eigenvalue weighted by Crippen LogP contribution is -2.47. The van der Waals surface area contributed by atoms with Crippen LogP contribution in [-0.4, -0.2) is 46.9 Å². The number of sulfonamides is 1. The molecule has 140 valence electrons. The molecule has 2 aliphatic rings. The molecule has 2 fully saturated rings. The summed E-state index contributed by atoms with van der Waals surface area (Å²) in [5.41, 5.74) is 0.751. The van der Waals surface area contributed by atoms with Crippen molar-refractivity contribution in [2.45, 2.75) is 55.3 Å². The molecule has 1 aromatic carbocycles. The van der Waals surface area contributed by atoms with Gasteiger partial charge >= 0.3 is 0 Å². The molecule has 2 saturated heterocycles. The normalized spacial score (nSPS) is 26.3. The van der Waals surface area contributed by atoms with Gasteiger partial charge < -0.3 is 4.74 Å². The third kappa shape index (κ3) is 2.93. The van der Waals surface area contributed by atoms with Gasteiger partial charge in [-0.15, -0.1) is 5.10 Å². The molecule has 2 bridgehead atoms. The largest absolute Gasteiger partial charge is 0.378 e. The first kappa shape index (κ1) is 17.6. The van der Waals surface area contributed by atoms with E-state index >= 15 is 0 Å². The molecule has 0 spiro atoms. The summed E-state index contributed by atoms with van der Waals surface area (Å²) in [5, 5.41) is 8.26. The number of methoxy groups -OCH3 is 1. The fourth-order valence-corrected chi connectivity index (χ4v) is 6.15. The van der Waals surface area contributed by atoms with Gasteiger partial charge in [0.15, 0.2) is 0 Å². The first-order valence-electron chi connectivity index (χ1n) is 8.68. The van der Waals surface area contributed by atoms with Crippen molar-refractivity contribution in [3.8, 4) is 0 Å². The molecule has 1 aromatic heterocycles. The van der Waals surface area contributed by atoms with Crippen LogP contribution < -0.4 is 0 Å². The third-order valence-corrected chi connectivity index (χ3v) is 7.30. The molecule has 2 atom stereocenters. The Kier molecular flexibility index (Phi) is 4.54. The highest BCUT2D eigenvalue weighted by molar-refractivity contribution is 7.89. The molecule has 9 heteroatoms. The van der Waals surface area contributed by atoms with Crippen molar-refractivity contribution >= 4 is 10.0 Å². The molecular weight excluding hydrogens is 359 g/mol. The Balaban J connectivity index is 1.58. The maximum atomic E-state index is 14.1. The molecular formula is C17H21FN4O3S. The second kappa shape index (κ2) is 6.71. The minimum absolute atomic E-state index is 0.0951. The fourth-order valence-electron chi connectivity index (χ4n) is 4.19. The van der Waals surface area contributed by atoms with Crippen molar-refractivity contribution in [2.24, 2.45) is 0 Å². The maximum absolute atomic E-state index is 14.1. The highest BCUT2D eigenvalue weighted by atomic mass is 32.2. The van der Waals surface area contributed by atoms with E-state index in [1.807, 2.05) is 10.9 Å². The highest BCUT2D eigenvalue weighted by Crippen LogP contribution is 2.43. The van der Waals surface area contributed by atoms with E-state index < -0.39 is 15.8 Å². The molecule has 0 radical (unpaired) electrons. The van der Waals surface area contributed by atoms with Gasteiger partial charge in [0, 0.05) is 19.2 Å². The monoisotopic (exact) mass is 380 g/mol. The molecule has 2 aromatic rings. The van der Waals surface area contributed by atoms with Gasteiger partial charge in [-0.25, -0.2) is 17.5 Å². The minimum atomic E-state index is -3.84. The summed E-state index contributed by atoms with van der Waals surface area (Å²) in [5.74, 6) is -0.700. The average Bonchev–Trinajstić information content (AvgIpc) is 3.18. The Bertz CT molecular complexity index is 887. The predicted octanol–water partition coefficient (Wildman–Crippen LogP) is 2.12. The van der Waals surface area contributed by atoms with Gasteiger partial charge in [0.1, 0.15) is 16.4 Å². The third-order valence-electron chi connectivity index (χ3n) is 5.26. The van der Waals surface area contributed by atoms with Crippen molar-refractivity contribution in [3.63, 3.8) is 0 Å². The van der Waals surface area contributed by atoms with E-state index in [2.05, 4.69) is 10.3 Å². The molecule has 0 aliphatic carbocycles. The van der Waals surface area contributed by atoms with Gasteiger partial charge in [-0.2, -0.15) is 4.31 Å². The topological polar surface area (TPSA) is 77.3 Å². The van der Waals surface area contributed by atoms with Gasteiger partial charge in [-0.1, -0.05) is 17.3 Å². The van der Waals surface area contributed by atoms with Crippen LogP contribution in [0.4, 0.5) is 4.39 Å². The van der Waals surface area contributed by atoms with Crippen LogP contribution >= 0.6 is 0 Å². The second-order valence-corrected chi connectivity index (χ2v) is 8.71. The Morgan fingerprint density at radius 2 is 1.88 bits per heavy atom. The predicted molar refractivity (Wildman–Crippen MR) is 91.2 cm³/mol. The molecule has 0 N–H and O–H groups in total. The van der Waals surface area contributed by atoms with E-state index in [-0.39, 0.29) is 23.0 Å². The van der Waals surface area contributed by atoms with E-state index in [1.165, 1.54) is 22.5 Å². The molecule has 7 nitrogen and oxygen atoms in total. The summed E-state index contributed by atoms with van der Waals surface area (Å²) in [7, 11) is -2.24. The average molecular weight is 380 g/mol. The summed E-state index contributed by atoms with van der Waals surface area (Å²) < 4.78 is 48.6. The standard InChI is InChI=1S/C17H21FN4O3S/c1-25-11-12-10-21(20-19-12)15-8-13-6-7-14(9-15)22(13)26(23,24)17-5-3-2-4-16(17)18/h2-5,10,13-15H,6-9,11H2,1H3. The second-order valence-electron chi connectivity index (χ2n) is 6.90. The van der Waals surface area contributed by atoms with Gasteiger partial charge in [0.25, 0.3) is 0 Å². The van der Waals surface area contributed by atoms with Crippen molar-refractivity contribution in [1.82, 2.24) is 19.3 Å². The van der Waals surface area contributed by atoms with Crippen LogP contribution in [0.3, 0.4) is 0 Å². The van der Waals surface area contributed by atoms with E-state index in [0.29, 0.717) is 19.4 Å². The number of fused-ring (bicyclic) bond motifs is 2. The number of hydrogen-bond acceptors (Lipinski definition) is 5. The van der Waals surface area contributed by atoms with Gasteiger partial charge in [0.05, 0.1) is 18.8 Å². The summed E-state index contributed by atoms with van der Waals surface area (Å²) in [6, 6.07) is 5.39. The van der Waals surface area contributed by atoms with E-state index in [9.17, 15) is 12.8 Å². The molecule has 3 heterocycles. The number of nitrogens with zero attached hydrogens (tertiary/aromatic N) is 4. The Morgan fingerprint density at radius 1 is 1.19 bits per heavy atom.